The van der Waals surface area contributed by atoms with Crippen molar-refractivity contribution >= 4 is 22.7 Å². The Labute approximate surface area is 139 Å². The van der Waals surface area contributed by atoms with E-state index >= 15 is 0 Å². The first kappa shape index (κ1) is 14.8. The molecule has 6 heteroatoms. The van der Waals surface area contributed by atoms with Gasteiger partial charge in [0.2, 0.25) is 5.95 Å². The van der Waals surface area contributed by atoms with Crippen molar-refractivity contribution in [2.45, 2.75) is 38.6 Å². The van der Waals surface area contributed by atoms with Gasteiger partial charge in [0.1, 0.15) is 5.65 Å². The molecule has 0 spiro atoms. The van der Waals surface area contributed by atoms with E-state index in [1.807, 2.05) is 12.1 Å². The Bertz CT molecular complexity index is 934. The minimum Gasteiger partial charge on any atom is -0.324 e. The zero-order valence-corrected chi connectivity index (χ0v) is 13.4. The van der Waals surface area contributed by atoms with Crippen LogP contribution in [-0.4, -0.2) is 19.5 Å². The number of fused-ring (bicyclic) bond motifs is 3. The van der Waals surface area contributed by atoms with Gasteiger partial charge in [0.05, 0.1) is 0 Å². The van der Waals surface area contributed by atoms with Gasteiger partial charge in [-0.1, -0.05) is 12.8 Å². The lowest BCUT2D eigenvalue weighted by Crippen LogP contribution is -2.20. The van der Waals surface area contributed by atoms with Crippen LogP contribution in [0.3, 0.4) is 0 Å². The summed E-state index contributed by atoms with van der Waals surface area (Å²) in [5.41, 5.74) is 2.67. The highest BCUT2D eigenvalue weighted by Crippen LogP contribution is 2.18. The van der Waals surface area contributed by atoms with Crippen LogP contribution in [0.25, 0.3) is 11.0 Å². The summed E-state index contributed by atoms with van der Waals surface area (Å²) >= 11 is 0. The average molecular weight is 321 g/mol. The summed E-state index contributed by atoms with van der Waals surface area (Å²) in [5.74, 6) is 0.496. The number of rotatable bonds is 0. The highest BCUT2D eigenvalue weighted by atomic mass is 16.1. The van der Waals surface area contributed by atoms with Crippen molar-refractivity contribution in [2.24, 2.45) is 0 Å². The predicted octanol–water partition coefficient (Wildman–Crippen LogP) is 3.05. The lowest BCUT2D eigenvalue weighted by atomic mass is 10.1. The second kappa shape index (κ2) is 6.39. The van der Waals surface area contributed by atoms with Gasteiger partial charge in [-0.05, 0) is 37.5 Å². The summed E-state index contributed by atoms with van der Waals surface area (Å²) in [4.78, 5) is 25.6. The number of nitrogens with one attached hydrogen (secondary N) is 1. The van der Waals surface area contributed by atoms with Gasteiger partial charge >= 0.3 is 0 Å². The third-order valence-corrected chi connectivity index (χ3v) is 4.36. The molecule has 122 valence electrons. The fourth-order valence-corrected chi connectivity index (χ4v) is 3.10. The van der Waals surface area contributed by atoms with Crippen molar-refractivity contribution < 1.29 is 0 Å². The van der Waals surface area contributed by atoms with E-state index in [4.69, 9.17) is 0 Å². The van der Waals surface area contributed by atoms with Gasteiger partial charge in [-0.15, -0.1) is 0 Å². The fraction of sp³-hybridized carbons (Fsp3) is 0.333. The molecule has 0 radical (unpaired) electrons. The third kappa shape index (κ3) is 2.99. The summed E-state index contributed by atoms with van der Waals surface area (Å²) in [6, 6.07) is 7.32. The van der Waals surface area contributed by atoms with Gasteiger partial charge < -0.3 is 5.32 Å². The number of aromatic nitrogens is 4. The first-order valence-electron chi connectivity index (χ1n) is 8.38. The minimum absolute atomic E-state index is 0.00885. The monoisotopic (exact) mass is 321 g/mol. The van der Waals surface area contributed by atoms with Crippen molar-refractivity contribution in [3.05, 3.63) is 52.7 Å². The summed E-state index contributed by atoms with van der Waals surface area (Å²) in [6.07, 6.45) is 8.84. The van der Waals surface area contributed by atoms with E-state index in [9.17, 15) is 4.79 Å². The van der Waals surface area contributed by atoms with E-state index in [0.29, 0.717) is 18.1 Å². The number of anilines is 2. The zero-order valence-electron chi connectivity index (χ0n) is 13.4. The Morgan fingerprint density at radius 3 is 2.92 bits per heavy atom. The smallest absolute Gasteiger partial charge is 0.252 e. The molecule has 1 aliphatic rings. The second-order valence-corrected chi connectivity index (χ2v) is 6.12. The zero-order chi connectivity index (χ0) is 16.4. The van der Waals surface area contributed by atoms with Crippen LogP contribution in [0.2, 0.25) is 0 Å². The van der Waals surface area contributed by atoms with E-state index < -0.39 is 0 Å². The van der Waals surface area contributed by atoms with Crippen LogP contribution in [0.4, 0.5) is 11.6 Å². The van der Waals surface area contributed by atoms with Crippen LogP contribution in [0.5, 0.6) is 0 Å². The van der Waals surface area contributed by atoms with Crippen LogP contribution < -0.4 is 10.9 Å². The number of pyridine rings is 2. The predicted molar refractivity (Wildman–Crippen MR) is 93.5 cm³/mol. The van der Waals surface area contributed by atoms with E-state index in [-0.39, 0.29) is 5.56 Å². The maximum atomic E-state index is 12.2. The van der Waals surface area contributed by atoms with Crippen LogP contribution >= 0.6 is 0 Å². The van der Waals surface area contributed by atoms with Gasteiger partial charge in [0.25, 0.3) is 5.56 Å². The Hall–Kier alpha value is -2.76. The number of nitrogens with zero attached hydrogens (tertiary/aromatic N) is 4. The topological polar surface area (TPSA) is 72.7 Å². The van der Waals surface area contributed by atoms with Gasteiger partial charge in [-0.3, -0.25) is 14.3 Å². The van der Waals surface area contributed by atoms with E-state index in [1.165, 1.54) is 0 Å². The number of hydrogen-bond donors (Lipinski definition) is 1. The van der Waals surface area contributed by atoms with Crippen LogP contribution in [-0.2, 0) is 13.0 Å². The lowest BCUT2D eigenvalue weighted by Gasteiger charge is -2.12. The quantitative estimate of drug-likeness (QED) is 0.689. The van der Waals surface area contributed by atoms with E-state index in [1.54, 1.807) is 29.1 Å². The summed E-state index contributed by atoms with van der Waals surface area (Å²) < 4.78 is 1.76. The molecule has 0 unspecified atom stereocenters. The third-order valence-electron chi connectivity index (χ3n) is 4.36. The Kier molecular flexibility index (Phi) is 3.94. The average Bonchev–Trinajstić information content (AvgIpc) is 2.59. The SMILES string of the molecule is O=c1ccc2cnc3nc2n1CCCCCCc1cc(ccn1)N3. The van der Waals surface area contributed by atoms with Gasteiger partial charge in [-0.2, -0.15) is 4.98 Å². The number of aryl methyl sites for hydroxylation is 2. The first-order chi connectivity index (χ1) is 11.8. The van der Waals surface area contributed by atoms with Gasteiger partial charge in [0, 0.05) is 41.8 Å². The Balaban J connectivity index is 1.82. The van der Waals surface area contributed by atoms with Gasteiger partial charge in [0.15, 0.2) is 0 Å². The molecule has 24 heavy (non-hydrogen) atoms. The molecule has 4 rings (SSSR count). The van der Waals surface area contributed by atoms with Gasteiger partial charge in [-0.25, -0.2) is 4.98 Å². The maximum Gasteiger partial charge on any atom is 0.252 e. The lowest BCUT2D eigenvalue weighted by molar-refractivity contribution is 0.568. The second-order valence-electron chi connectivity index (χ2n) is 6.12. The molecule has 3 aromatic rings. The normalized spacial score (nSPS) is 15.0. The fourth-order valence-electron chi connectivity index (χ4n) is 3.10. The number of hydrogen-bond acceptors (Lipinski definition) is 5. The molecular formula is C18H19N5O. The molecule has 0 atom stereocenters. The van der Waals surface area contributed by atoms with Crippen LogP contribution in [0.15, 0.2) is 41.5 Å². The molecule has 0 saturated heterocycles. The molecule has 4 heterocycles. The van der Waals surface area contributed by atoms with Crippen molar-refractivity contribution in [3.63, 3.8) is 0 Å². The van der Waals surface area contributed by atoms with Crippen LogP contribution in [0.1, 0.15) is 31.4 Å². The molecule has 1 N–H and O–H groups in total. The van der Waals surface area contributed by atoms with Crippen molar-refractivity contribution in [1.29, 1.82) is 0 Å². The summed E-state index contributed by atoms with van der Waals surface area (Å²) in [6.45, 7) is 0.691. The summed E-state index contributed by atoms with van der Waals surface area (Å²) in [5, 5.41) is 4.10. The molecule has 3 aromatic heterocycles. The van der Waals surface area contributed by atoms with Crippen molar-refractivity contribution in [1.82, 2.24) is 19.5 Å². The van der Waals surface area contributed by atoms with E-state index in [2.05, 4.69) is 20.3 Å². The van der Waals surface area contributed by atoms with Crippen LogP contribution in [0, 0.1) is 0 Å². The Morgan fingerprint density at radius 2 is 1.96 bits per heavy atom. The Morgan fingerprint density at radius 1 is 1.04 bits per heavy atom. The molecule has 1 aliphatic heterocycles. The molecule has 0 amide bonds. The largest absolute Gasteiger partial charge is 0.324 e. The highest BCUT2D eigenvalue weighted by molar-refractivity contribution is 5.75. The molecule has 0 saturated carbocycles. The maximum absolute atomic E-state index is 12.2. The molecule has 0 aromatic carbocycles. The molecule has 4 bridgehead atoms. The molecule has 0 aliphatic carbocycles. The minimum atomic E-state index is -0.00885. The molecular weight excluding hydrogens is 302 g/mol. The highest BCUT2D eigenvalue weighted by Gasteiger charge is 2.08. The van der Waals surface area contributed by atoms with Crippen molar-refractivity contribution in [3.8, 4) is 0 Å². The van der Waals surface area contributed by atoms with E-state index in [0.717, 1.165) is 48.9 Å². The first-order valence-corrected chi connectivity index (χ1v) is 8.38. The van der Waals surface area contributed by atoms with Crippen molar-refractivity contribution in [2.75, 3.05) is 5.32 Å². The summed E-state index contributed by atoms with van der Waals surface area (Å²) in [7, 11) is 0. The standard InChI is InChI=1S/C18H19N5O/c24-16-7-6-13-12-20-18-21-15-8-9-19-14(11-15)5-3-1-2-4-10-23(16)17(13)22-18/h6-9,11-12H,1-5,10H2,(H,20,21,22). The molecule has 0 fully saturated rings. The molecule has 6 nitrogen and oxygen atoms in total.